The van der Waals surface area contributed by atoms with E-state index in [0.717, 1.165) is 23.1 Å². The molecule has 1 aliphatic heterocycles. The lowest BCUT2D eigenvalue weighted by Crippen LogP contribution is -2.33. The number of likely N-dealkylation sites (tertiary alicyclic amines) is 1. The third-order valence-corrected chi connectivity index (χ3v) is 4.20. The lowest BCUT2D eigenvalue weighted by molar-refractivity contribution is 0.0949. The van der Waals surface area contributed by atoms with Crippen LogP contribution in [0.1, 0.15) is 28.8 Å². The molecule has 98 valence electrons. The van der Waals surface area contributed by atoms with E-state index >= 15 is 0 Å². The normalized spacial score (nSPS) is 15.9. The zero-order valence-corrected chi connectivity index (χ0v) is 12.3. The summed E-state index contributed by atoms with van der Waals surface area (Å²) in [5.74, 6) is 0.00916. The lowest BCUT2D eigenvalue weighted by atomic mass is 10.1. The molecule has 0 unspecified atom stereocenters. The summed E-state index contributed by atoms with van der Waals surface area (Å²) in [6.45, 7) is 6.04. The zero-order chi connectivity index (χ0) is 13.0. The van der Waals surface area contributed by atoms with Crippen LogP contribution in [0, 0.1) is 6.92 Å². The van der Waals surface area contributed by atoms with Crippen molar-refractivity contribution in [2.45, 2.75) is 19.8 Å². The summed E-state index contributed by atoms with van der Waals surface area (Å²) in [6, 6.07) is 5.70. The van der Waals surface area contributed by atoms with E-state index in [9.17, 15) is 4.79 Å². The Morgan fingerprint density at radius 1 is 1.39 bits per heavy atom. The Labute approximate surface area is 117 Å². The fraction of sp³-hybridized carbons (Fsp3) is 0.500. The second kappa shape index (κ2) is 6.34. The summed E-state index contributed by atoms with van der Waals surface area (Å²) in [4.78, 5) is 14.3. The number of nitrogens with one attached hydrogen (secondary N) is 1. The standard InChI is InChI=1S/C14H19BrN2O/c1-11-4-5-12(10-13(11)15)14(18)16-6-9-17-7-2-3-8-17/h4-5,10H,2-3,6-9H2,1H3,(H,16,18). The third-order valence-electron chi connectivity index (χ3n) is 3.35. The van der Waals surface area contributed by atoms with Gasteiger partial charge in [0, 0.05) is 23.1 Å². The van der Waals surface area contributed by atoms with E-state index in [1.54, 1.807) is 0 Å². The molecule has 1 amide bonds. The van der Waals surface area contributed by atoms with Gasteiger partial charge in [-0.15, -0.1) is 0 Å². The van der Waals surface area contributed by atoms with Crippen LogP contribution in [0.25, 0.3) is 0 Å². The van der Waals surface area contributed by atoms with Gasteiger partial charge < -0.3 is 10.2 Å². The van der Waals surface area contributed by atoms with Gasteiger partial charge in [0.2, 0.25) is 0 Å². The summed E-state index contributed by atoms with van der Waals surface area (Å²) < 4.78 is 0.981. The first-order valence-corrected chi connectivity index (χ1v) is 7.23. The molecule has 1 aliphatic rings. The number of nitrogens with zero attached hydrogens (tertiary/aromatic N) is 1. The zero-order valence-electron chi connectivity index (χ0n) is 10.7. The Morgan fingerprint density at radius 3 is 2.78 bits per heavy atom. The largest absolute Gasteiger partial charge is 0.351 e. The van der Waals surface area contributed by atoms with Gasteiger partial charge in [-0.2, -0.15) is 0 Å². The predicted octanol–water partition coefficient (Wildman–Crippen LogP) is 2.58. The van der Waals surface area contributed by atoms with Gasteiger partial charge in [-0.3, -0.25) is 4.79 Å². The Hall–Kier alpha value is -0.870. The Balaban J connectivity index is 1.81. The van der Waals surface area contributed by atoms with Crippen LogP contribution in [-0.4, -0.2) is 37.0 Å². The van der Waals surface area contributed by atoms with Crippen LogP contribution in [0.5, 0.6) is 0 Å². The maximum absolute atomic E-state index is 11.9. The van der Waals surface area contributed by atoms with Crippen molar-refractivity contribution >= 4 is 21.8 Å². The number of hydrogen-bond acceptors (Lipinski definition) is 2. The van der Waals surface area contributed by atoms with Gasteiger partial charge in [0.05, 0.1) is 0 Å². The average molecular weight is 311 g/mol. The van der Waals surface area contributed by atoms with Crippen LogP contribution >= 0.6 is 15.9 Å². The first kappa shape index (κ1) is 13.6. The topological polar surface area (TPSA) is 32.3 Å². The molecule has 2 rings (SSSR count). The van der Waals surface area contributed by atoms with Crippen molar-refractivity contribution in [3.63, 3.8) is 0 Å². The average Bonchev–Trinajstić information content (AvgIpc) is 2.85. The van der Waals surface area contributed by atoms with Crippen molar-refractivity contribution in [2.75, 3.05) is 26.2 Å². The minimum atomic E-state index is 0.00916. The quantitative estimate of drug-likeness (QED) is 0.927. The van der Waals surface area contributed by atoms with Crippen molar-refractivity contribution in [2.24, 2.45) is 0 Å². The molecule has 1 saturated heterocycles. The molecule has 0 radical (unpaired) electrons. The van der Waals surface area contributed by atoms with Crippen LogP contribution in [0.3, 0.4) is 0 Å². The molecule has 0 saturated carbocycles. The molecular formula is C14H19BrN2O. The maximum Gasteiger partial charge on any atom is 0.251 e. The van der Waals surface area contributed by atoms with Gasteiger partial charge in [-0.25, -0.2) is 0 Å². The van der Waals surface area contributed by atoms with Crippen LogP contribution in [0.2, 0.25) is 0 Å². The van der Waals surface area contributed by atoms with Crippen LogP contribution in [-0.2, 0) is 0 Å². The number of rotatable bonds is 4. The van der Waals surface area contributed by atoms with Gasteiger partial charge in [-0.05, 0) is 50.6 Å². The minimum Gasteiger partial charge on any atom is -0.351 e. The summed E-state index contributed by atoms with van der Waals surface area (Å²) in [7, 11) is 0. The SMILES string of the molecule is Cc1ccc(C(=O)NCCN2CCCC2)cc1Br. The van der Waals surface area contributed by atoms with Gasteiger partial charge in [0.15, 0.2) is 0 Å². The Bertz CT molecular complexity index is 428. The molecule has 0 aliphatic carbocycles. The highest BCUT2D eigenvalue weighted by Crippen LogP contribution is 2.17. The van der Waals surface area contributed by atoms with Crippen LogP contribution in [0.15, 0.2) is 22.7 Å². The van der Waals surface area contributed by atoms with Crippen molar-refractivity contribution in [1.82, 2.24) is 10.2 Å². The molecule has 1 aromatic rings. The first-order valence-electron chi connectivity index (χ1n) is 6.43. The maximum atomic E-state index is 11.9. The summed E-state index contributed by atoms with van der Waals surface area (Å²) in [5.41, 5.74) is 1.86. The van der Waals surface area contributed by atoms with Crippen LogP contribution < -0.4 is 5.32 Å². The van der Waals surface area contributed by atoms with Crippen molar-refractivity contribution in [1.29, 1.82) is 0 Å². The van der Waals surface area contributed by atoms with Crippen molar-refractivity contribution in [3.05, 3.63) is 33.8 Å². The second-order valence-electron chi connectivity index (χ2n) is 4.77. The van der Waals surface area contributed by atoms with Crippen LogP contribution in [0.4, 0.5) is 0 Å². The highest BCUT2D eigenvalue weighted by atomic mass is 79.9. The number of halogens is 1. The van der Waals surface area contributed by atoms with Gasteiger partial charge in [0.25, 0.3) is 5.91 Å². The third kappa shape index (κ3) is 3.56. The molecule has 1 heterocycles. The fourth-order valence-corrected chi connectivity index (χ4v) is 2.55. The van der Waals surface area contributed by atoms with Crippen molar-refractivity contribution in [3.8, 4) is 0 Å². The molecule has 3 nitrogen and oxygen atoms in total. The van der Waals surface area contributed by atoms with E-state index in [-0.39, 0.29) is 5.91 Å². The molecule has 4 heteroatoms. The smallest absolute Gasteiger partial charge is 0.251 e. The first-order chi connectivity index (χ1) is 8.66. The summed E-state index contributed by atoms with van der Waals surface area (Å²) in [6.07, 6.45) is 2.58. The number of carbonyl (C=O) groups excluding carboxylic acids is 1. The second-order valence-corrected chi connectivity index (χ2v) is 5.62. The highest BCUT2D eigenvalue weighted by Gasteiger charge is 2.11. The Morgan fingerprint density at radius 2 is 2.11 bits per heavy atom. The van der Waals surface area contributed by atoms with E-state index < -0.39 is 0 Å². The molecule has 1 aromatic carbocycles. The predicted molar refractivity (Wildman–Crippen MR) is 76.9 cm³/mol. The van der Waals surface area contributed by atoms with E-state index in [0.29, 0.717) is 5.56 Å². The number of aryl methyl sites for hydroxylation is 1. The van der Waals surface area contributed by atoms with E-state index in [1.165, 1.54) is 25.9 Å². The van der Waals surface area contributed by atoms with Gasteiger partial charge >= 0.3 is 0 Å². The number of hydrogen-bond donors (Lipinski definition) is 1. The summed E-state index contributed by atoms with van der Waals surface area (Å²) >= 11 is 3.45. The van der Waals surface area contributed by atoms with Gasteiger partial charge in [-0.1, -0.05) is 22.0 Å². The molecule has 18 heavy (non-hydrogen) atoms. The van der Waals surface area contributed by atoms with E-state index in [2.05, 4.69) is 26.1 Å². The molecule has 0 spiro atoms. The number of benzene rings is 1. The minimum absolute atomic E-state index is 0.00916. The molecular weight excluding hydrogens is 292 g/mol. The Kier molecular flexibility index (Phi) is 4.78. The van der Waals surface area contributed by atoms with E-state index in [4.69, 9.17) is 0 Å². The monoisotopic (exact) mass is 310 g/mol. The highest BCUT2D eigenvalue weighted by molar-refractivity contribution is 9.10. The van der Waals surface area contributed by atoms with Gasteiger partial charge in [0.1, 0.15) is 0 Å². The number of carbonyl (C=O) groups is 1. The molecule has 1 N–H and O–H groups in total. The molecule has 1 fully saturated rings. The molecule has 0 bridgehead atoms. The lowest BCUT2D eigenvalue weighted by Gasteiger charge is -2.14. The van der Waals surface area contributed by atoms with Crippen molar-refractivity contribution < 1.29 is 4.79 Å². The molecule has 0 atom stereocenters. The molecule has 0 aromatic heterocycles. The van der Waals surface area contributed by atoms with E-state index in [1.807, 2.05) is 25.1 Å². The fourth-order valence-electron chi connectivity index (χ4n) is 2.17. The summed E-state index contributed by atoms with van der Waals surface area (Å²) in [5, 5.41) is 2.97. The number of amides is 1.